The standard InChI is InChI=1S/C14H15Cl2N5/c15-10-3-1-2-9(12(10)16)13-14(17)20-11(8-19-13)21-6-4-18-5-7-21/h1-3,8,18H,4-7H2,(H2,17,20). The van der Waals surface area contributed by atoms with Gasteiger partial charge in [-0.1, -0.05) is 35.3 Å². The van der Waals surface area contributed by atoms with E-state index in [9.17, 15) is 0 Å². The van der Waals surface area contributed by atoms with Gasteiger partial charge in [0.15, 0.2) is 5.82 Å². The highest BCUT2D eigenvalue weighted by Crippen LogP contribution is 2.34. The number of hydrogen-bond acceptors (Lipinski definition) is 5. The fourth-order valence-corrected chi connectivity index (χ4v) is 2.72. The minimum Gasteiger partial charge on any atom is -0.382 e. The molecule has 0 unspecified atom stereocenters. The Morgan fingerprint density at radius 1 is 1.19 bits per heavy atom. The second kappa shape index (κ2) is 6.05. The second-order valence-electron chi connectivity index (χ2n) is 4.80. The lowest BCUT2D eigenvalue weighted by atomic mass is 10.1. The average molecular weight is 324 g/mol. The van der Waals surface area contributed by atoms with Crippen LogP contribution in [0.2, 0.25) is 10.0 Å². The monoisotopic (exact) mass is 323 g/mol. The van der Waals surface area contributed by atoms with E-state index < -0.39 is 0 Å². The molecule has 1 aromatic heterocycles. The molecular formula is C14H15Cl2N5. The molecule has 21 heavy (non-hydrogen) atoms. The number of halogens is 2. The van der Waals surface area contributed by atoms with Crippen LogP contribution in [0.4, 0.5) is 11.6 Å². The number of nitrogens with two attached hydrogens (primary N) is 1. The maximum Gasteiger partial charge on any atom is 0.152 e. The minimum atomic E-state index is 0.357. The molecule has 1 fully saturated rings. The number of rotatable bonds is 2. The molecule has 1 saturated heterocycles. The van der Waals surface area contributed by atoms with Gasteiger partial charge in [0.1, 0.15) is 11.5 Å². The van der Waals surface area contributed by atoms with Crippen LogP contribution in [0.5, 0.6) is 0 Å². The van der Waals surface area contributed by atoms with Gasteiger partial charge in [-0.15, -0.1) is 0 Å². The molecule has 0 spiro atoms. The van der Waals surface area contributed by atoms with Gasteiger partial charge in [-0.3, -0.25) is 0 Å². The summed E-state index contributed by atoms with van der Waals surface area (Å²) in [6.45, 7) is 3.66. The minimum absolute atomic E-state index is 0.357. The molecule has 0 aliphatic carbocycles. The van der Waals surface area contributed by atoms with Crippen LogP contribution in [0.1, 0.15) is 0 Å². The molecule has 1 aliphatic heterocycles. The van der Waals surface area contributed by atoms with Crippen molar-refractivity contribution in [3.8, 4) is 11.3 Å². The lowest BCUT2D eigenvalue weighted by Gasteiger charge is -2.28. The summed E-state index contributed by atoms with van der Waals surface area (Å²) in [6, 6.07) is 5.38. The first-order chi connectivity index (χ1) is 10.2. The Bertz CT molecular complexity index is 656. The Balaban J connectivity index is 1.96. The third kappa shape index (κ3) is 2.90. The number of nitrogen functional groups attached to an aromatic ring is 1. The van der Waals surface area contributed by atoms with Gasteiger partial charge in [0.25, 0.3) is 0 Å². The normalized spacial score (nSPS) is 15.2. The first-order valence-corrected chi connectivity index (χ1v) is 7.45. The molecule has 2 aromatic rings. The predicted octanol–water partition coefficient (Wildman–Crippen LogP) is 2.44. The maximum absolute atomic E-state index is 6.21. The summed E-state index contributed by atoms with van der Waals surface area (Å²) in [5.74, 6) is 1.14. The lowest BCUT2D eigenvalue weighted by molar-refractivity contribution is 0.584. The number of nitrogens with one attached hydrogen (secondary N) is 1. The van der Waals surface area contributed by atoms with Gasteiger partial charge in [-0.2, -0.15) is 0 Å². The van der Waals surface area contributed by atoms with Gasteiger partial charge in [-0.25, -0.2) is 9.97 Å². The molecule has 7 heteroatoms. The van der Waals surface area contributed by atoms with Crippen LogP contribution in [0.15, 0.2) is 24.4 Å². The molecule has 5 nitrogen and oxygen atoms in total. The fraction of sp³-hybridized carbons (Fsp3) is 0.286. The molecule has 110 valence electrons. The second-order valence-corrected chi connectivity index (χ2v) is 5.59. The van der Waals surface area contributed by atoms with E-state index in [-0.39, 0.29) is 0 Å². The third-order valence-electron chi connectivity index (χ3n) is 3.43. The number of benzene rings is 1. The van der Waals surface area contributed by atoms with Crippen LogP contribution in [0, 0.1) is 0 Å². The van der Waals surface area contributed by atoms with Gasteiger partial charge < -0.3 is 16.0 Å². The van der Waals surface area contributed by atoms with E-state index in [1.165, 1.54) is 0 Å². The van der Waals surface area contributed by atoms with E-state index in [1.54, 1.807) is 12.3 Å². The van der Waals surface area contributed by atoms with Crippen molar-refractivity contribution in [3.05, 3.63) is 34.4 Å². The van der Waals surface area contributed by atoms with Crippen molar-refractivity contribution in [2.45, 2.75) is 0 Å². The Morgan fingerprint density at radius 2 is 1.95 bits per heavy atom. The van der Waals surface area contributed by atoms with Gasteiger partial charge >= 0.3 is 0 Å². The van der Waals surface area contributed by atoms with E-state index in [2.05, 4.69) is 20.2 Å². The van der Waals surface area contributed by atoms with E-state index in [0.717, 1.165) is 32.0 Å². The molecular weight excluding hydrogens is 309 g/mol. The van der Waals surface area contributed by atoms with Crippen molar-refractivity contribution in [2.24, 2.45) is 0 Å². The zero-order valence-electron chi connectivity index (χ0n) is 11.3. The first-order valence-electron chi connectivity index (χ1n) is 6.69. The number of hydrogen-bond donors (Lipinski definition) is 2. The number of aromatic nitrogens is 2. The Hall–Kier alpha value is -1.56. The van der Waals surface area contributed by atoms with Crippen LogP contribution in [-0.2, 0) is 0 Å². The number of anilines is 2. The third-order valence-corrected chi connectivity index (χ3v) is 4.25. The molecule has 0 amide bonds. The molecule has 0 radical (unpaired) electrons. The zero-order chi connectivity index (χ0) is 14.8. The topological polar surface area (TPSA) is 67.1 Å². The van der Waals surface area contributed by atoms with E-state index >= 15 is 0 Å². The molecule has 0 saturated carbocycles. The van der Waals surface area contributed by atoms with E-state index in [4.69, 9.17) is 28.9 Å². The largest absolute Gasteiger partial charge is 0.382 e. The first kappa shape index (κ1) is 14.4. The summed E-state index contributed by atoms with van der Waals surface area (Å²) in [4.78, 5) is 11.0. The average Bonchev–Trinajstić information content (AvgIpc) is 2.51. The van der Waals surface area contributed by atoms with Crippen LogP contribution < -0.4 is 16.0 Å². The summed E-state index contributed by atoms with van der Waals surface area (Å²) in [6.07, 6.45) is 1.73. The van der Waals surface area contributed by atoms with E-state index in [0.29, 0.717) is 27.1 Å². The van der Waals surface area contributed by atoms with Crippen molar-refractivity contribution < 1.29 is 0 Å². The molecule has 3 rings (SSSR count). The summed E-state index contributed by atoms with van der Waals surface area (Å²) in [5.41, 5.74) is 7.31. The van der Waals surface area contributed by atoms with Crippen LogP contribution >= 0.6 is 23.2 Å². The number of nitrogens with zero attached hydrogens (tertiary/aromatic N) is 3. The SMILES string of the molecule is Nc1nc(N2CCNCC2)cnc1-c1cccc(Cl)c1Cl. The lowest BCUT2D eigenvalue weighted by Crippen LogP contribution is -2.44. The van der Waals surface area contributed by atoms with Crippen molar-refractivity contribution in [2.75, 3.05) is 36.8 Å². The molecule has 1 aliphatic rings. The molecule has 1 aromatic carbocycles. The fourth-order valence-electron chi connectivity index (χ4n) is 2.33. The predicted molar refractivity (Wildman–Crippen MR) is 87.0 cm³/mol. The highest BCUT2D eigenvalue weighted by molar-refractivity contribution is 6.43. The Morgan fingerprint density at radius 3 is 2.67 bits per heavy atom. The highest BCUT2D eigenvalue weighted by atomic mass is 35.5. The highest BCUT2D eigenvalue weighted by Gasteiger charge is 2.16. The summed E-state index contributed by atoms with van der Waals surface area (Å²) in [5, 5.41) is 4.21. The summed E-state index contributed by atoms with van der Waals surface area (Å²) >= 11 is 12.2. The van der Waals surface area contributed by atoms with Gasteiger partial charge in [0, 0.05) is 31.7 Å². The molecule has 0 atom stereocenters. The smallest absolute Gasteiger partial charge is 0.152 e. The van der Waals surface area contributed by atoms with Crippen LogP contribution in [0.3, 0.4) is 0 Å². The Labute approximate surface area is 133 Å². The molecule has 0 bridgehead atoms. The molecule has 3 N–H and O–H groups in total. The van der Waals surface area contributed by atoms with Crippen molar-refractivity contribution in [1.29, 1.82) is 0 Å². The van der Waals surface area contributed by atoms with Crippen molar-refractivity contribution in [3.63, 3.8) is 0 Å². The van der Waals surface area contributed by atoms with E-state index in [1.807, 2.05) is 12.1 Å². The van der Waals surface area contributed by atoms with Crippen LogP contribution in [-0.4, -0.2) is 36.1 Å². The van der Waals surface area contributed by atoms with Crippen molar-refractivity contribution >= 4 is 34.8 Å². The molecule has 2 heterocycles. The van der Waals surface area contributed by atoms with Gasteiger partial charge in [0.2, 0.25) is 0 Å². The summed E-state index contributed by atoms with van der Waals surface area (Å²) in [7, 11) is 0. The number of piperazine rings is 1. The van der Waals surface area contributed by atoms with Crippen LogP contribution in [0.25, 0.3) is 11.3 Å². The maximum atomic E-state index is 6.21. The zero-order valence-corrected chi connectivity index (χ0v) is 12.8. The van der Waals surface area contributed by atoms with Gasteiger partial charge in [0.05, 0.1) is 16.2 Å². The van der Waals surface area contributed by atoms with Gasteiger partial charge in [-0.05, 0) is 6.07 Å². The summed E-state index contributed by atoms with van der Waals surface area (Å²) < 4.78 is 0. The van der Waals surface area contributed by atoms with Crippen molar-refractivity contribution in [1.82, 2.24) is 15.3 Å². The Kier molecular flexibility index (Phi) is 4.14. The quantitative estimate of drug-likeness (QED) is 0.888.